The third kappa shape index (κ3) is 6.24. The number of carbonyl (C=O) groups is 1. The second-order valence-electron chi connectivity index (χ2n) is 9.85. The summed E-state index contributed by atoms with van der Waals surface area (Å²) in [6, 6.07) is 4.50. The number of amides is 1. The second kappa shape index (κ2) is 12.7. The van der Waals surface area contributed by atoms with Gasteiger partial charge in [-0.15, -0.1) is 0 Å². The topological polar surface area (TPSA) is 82.0 Å². The van der Waals surface area contributed by atoms with Gasteiger partial charge in [0, 0.05) is 43.2 Å². The Morgan fingerprint density at radius 2 is 1.93 bits per heavy atom. The summed E-state index contributed by atoms with van der Waals surface area (Å²) < 4.78 is 62.8. The lowest BCUT2D eigenvalue weighted by Crippen LogP contribution is -2.57. The predicted molar refractivity (Wildman–Crippen MR) is 153 cm³/mol. The standard InChI is InChI=1S/C27H26ClF4N5O3.C2H6/c1-3-20(39)37-8-7-36(12-15(37)2)25-16-11-17(28)21(22-18(29)5-4-6-19(22)38)23(30)24(16)33-26(34-25)40-10-9-35-13-27(31,32)14-35;1-2/h3-6,11,15,38H,1,7-10,12-14H2,2H3;1-2H3. The maximum atomic E-state index is 16.1. The molecule has 42 heavy (non-hydrogen) atoms. The smallest absolute Gasteiger partial charge is 0.319 e. The number of phenols is 1. The minimum atomic E-state index is -2.73. The zero-order valence-corrected chi connectivity index (χ0v) is 24.3. The van der Waals surface area contributed by atoms with Crippen molar-refractivity contribution >= 4 is 34.2 Å². The van der Waals surface area contributed by atoms with Crippen molar-refractivity contribution in [3.8, 4) is 22.9 Å². The van der Waals surface area contributed by atoms with Crippen LogP contribution in [0, 0.1) is 11.6 Å². The molecule has 3 aromatic rings. The van der Waals surface area contributed by atoms with Gasteiger partial charge in [-0.2, -0.15) is 9.97 Å². The molecule has 2 fully saturated rings. The maximum absolute atomic E-state index is 16.1. The Bertz CT molecular complexity index is 1460. The number of hydrogen-bond donors (Lipinski definition) is 1. The largest absolute Gasteiger partial charge is 0.507 e. The van der Waals surface area contributed by atoms with E-state index in [4.69, 9.17) is 16.3 Å². The highest BCUT2D eigenvalue weighted by molar-refractivity contribution is 6.34. The lowest BCUT2D eigenvalue weighted by Gasteiger charge is -2.40. The number of halogens is 5. The molecule has 0 bridgehead atoms. The fourth-order valence-electron chi connectivity index (χ4n) is 5.08. The Kier molecular flexibility index (Phi) is 9.47. The van der Waals surface area contributed by atoms with E-state index in [2.05, 4.69) is 16.5 Å². The summed E-state index contributed by atoms with van der Waals surface area (Å²) in [5.74, 6) is -5.05. The van der Waals surface area contributed by atoms with Crippen molar-refractivity contribution < 1.29 is 32.2 Å². The van der Waals surface area contributed by atoms with E-state index in [-0.39, 0.29) is 71.5 Å². The highest BCUT2D eigenvalue weighted by Gasteiger charge is 2.43. The van der Waals surface area contributed by atoms with Crippen molar-refractivity contribution in [3.05, 3.63) is 53.6 Å². The van der Waals surface area contributed by atoms with Gasteiger partial charge < -0.3 is 19.6 Å². The number of alkyl halides is 2. The molecule has 5 rings (SSSR count). The van der Waals surface area contributed by atoms with Crippen LogP contribution in [0.1, 0.15) is 20.8 Å². The van der Waals surface area contributed by atoms with Gasteiger partial charge in [-0.25, -0.2) is 17.6 Å². The third-order valence-electron chi connectivity index (χ3n) is 7.02. The number of anilines is 1. The average Bonchev–Trinajstić information content (AvgIpc) is 2.94. The fraction of sp³-hybridized carbons (Fsp3) is 0.414. The number of fused-ring (bicyclic) bond motifs is 1. The Morgan fingerprint density at radius 1 is 1.21 bits per heavy atom. The molecule has 13 heteroatoms. The van der Waals surface area contributed by atoms with Crippen LogP contribution >= 0.6 is 11.6 Å². The molecular weight excluding hydrogens is 578 g/mol. The first-order valence-corrected chi connectivity index (χ1v) is 14.0. The second-order valence-corrected chi connectivity index (χ2v) is 10.3. The predicted octanol–water partition coefficient (Wildman–Crippen LogP) is 5.51. The summed E-state index contributed by atoms with van der Waals surface area (Å²) in [7, 11) is 0. The first-order valence-electron chi connectivity index (χ1n) is 13.6. The molecule has 2 aliphatic rings. The highest BCUT2D eigenvalue weighted by Crippen LogP contribution is 2.43. The van der Waals surface area contributed by atoms with Gasteiger partial charge >= 0.3 is 6.01 Å². The third-order valence-corrected chi connectivity index (χ3v) is 7.32. The summed E-state index contributed by atoms with van der Waals surface area (Å²) in [6.07, 6.45) is 1.24. The highest BCUT2D eigenvalue weighted by atomic mass is 35.5. The van der Waals surface area contributed by atoms with Crippen LogP contribution in [0.3, 0.4) is 0 Å². The molecule has 2 aromatic carbocycles. The molecule has 0 spiro atoms. The molecule has 8 nitrogen and oxygen atoms in total. The van der Waals surface area contributed by atoms with E-state index in [0.29, 0.717) is 19.6 Å². The van der Waals surface area contributed by atoms with Crippen molar-refractivity contribution in [1.82, 2.24) is 19.8 Å². The first-order chi connectivity index (χ1) is 20.0. The molecule has 1 amide bonds. The van der Waals surface area contributed by atoms with Gasteiger partial charge in [0.15, 0.2) is 5.82 Å². The van der Waals surface area contributed by atoms with Gasteiger partial charge in [-0.05, 0) is 31.2 Å². The number of nitrogens with zero attached hydrogens (tertiary/aromatic N) is 5. The minimum Gasteiger partial charge on any atom is -0.507 e. The van der Waals surface area contributed by atoms with Crippen molar-refractivity contribution in [2.45, 2.75) is 32.7 Å². The molecular formula is C29H32ClF4N5O3. The van der Waals surface area contributed by atoms with Crippen molar-refractivity contribution in [2.24, 2.45) is 0 Å². The molecule has 1 atom stereocenters. The minimum absolute atomic E-state index is 0.0325. The number of aromatic hydroxyl groups is 1. The average molecular weight is 610 g/mol. The Balaban J connectivity index is 0.00000198. The van der Waals surface area contributed by atoms with E-state index < -0.39 is 28.9 Å². The number of likely N-dealkylation sites (tertiary alicyclic amines) is 1. The van der Waals surface area contributed by atoms with Crippen LogP contribution in [0.2, 0.25) is 5.02 Å². The van der Waals surface area contributed by atoms with E-state index in [1.807, 2.05) is 25.7 Å². The molecule has 0 aliphatic carbocycles. The van der Waals surface area contributed by atoms with Gasteiger partial charge in [0.05, 0.1) is 23.7 Å². The van der Waals surface area contributed by atoms with Crippen molar-refractivity contribution in [1.29, 1.82) is 0 Å². The summed E-state index contributed by atoms with van der Waals surface area (Å²) in [5.41, 5.74) is -1.02. The van der Waals surface area contributed by atoms with Gasteiger partial charge in [-0.3, -0.25) is 9.69 Å². The number of aromatic nitrogens is 2. The Labute approximate surface area is 246 Å². The normalized spacial score (nSPS) is 18.2. The number of hydrogen-bond acceptors (Lipinski definition) is 7. The first kappa shape index (κ1) is 31.3. The van der Waals surface area contributed by atoms with Crippen molar-refractivity contribution in [3.63, 3.8) is 0 Å². The summed E-state index contributed by atoms with van der Waals surface area (Å²) >= 11 is 6.46. The van der Waals surface area contributed by atoms with E-state index >= 15 is 4.39 Å². The van der Waals surface area contributed by atoms with Crippen LogP contribution in [0.4, 0.5) is 23.4 Å². The van der Waals surface area contributed by atoms with Gasteiger partial charge in [0.25, 0.3) is 5.92 Å². The number of ether oxygens (including phenoxy) is 1. The molecule has 1 N–H and O–H groups in total. The Hall–Kier alpha value is -3.64. The molecule has 1 unspecified atom stereocenters. The quantitative estimate of drug-likeness (QED) is 0.279. The van der Waals surface area contributed by atoms with E-state index in [1.165, 1.54) is 29.2 Å². The summed E-state index contributed by atoms with van der Waals surface area (Å²) in [4.78, 5) is 25.9. The van der Waals surface area contributed by atoms with Crippen LogP contribution in [0.5, 0.6) is 11.8 Å². The van der Waals surface area contributed by atoms with Crippen LogP contribution in [0.25, 0.3) is 22.0 Å². The number of piperazine rings is 1. The molecule has 2 aliphatic heterocycles. The van der Waals surface area contributed by atoms with Gasteiger partial charge in [-0.1, -0.05) is 38.1 Å². The van der Waals surface area contributed by atoms with E-state index in [1.54, 1.807) is 4.90 Å². The Morgan fingerprint density at radius 3 is 2.55 bits per heavy atom. The van der Waals surface area contributed by atoms with Crippen LogP contribution in [0.15, 0.2) is 36.9 Å². The fourth-order valence-corrected chi connectivity index (χ4v) is 5.37. The molecule has 1 aromatic heterocycles. The number of benzene rings is 2. The maximum Gasteiger partial charge on any atom is 0.319 e. The number of phenolic OH excluding ortho intramolecular Hbond substituents is 1. The summed E-state index contributed by atoms with van der Waals surface area (Å²) in [5, 5.41) is 10.3. The molecule has 0 saturated carbocycles. The number of carbonyl (C=O) groups excluding carboxylic acids is 1. The van der Waals surface area contributed by atoms with Gasteiger partial charge in [0.1, 0.15) is 29.5 Å². The summed E-state index contributed by atoms with van der Waals surface area (Å²) in [6.45, 7) is 9.80. The van der Waals surface area contributed by atoms with Crippen molar-refractivity contribution in [2.75, 3.05) is 50.8 Å². The SMILES string of the molecule is C=CC(=O)N1CCN(c2nc(OCCN3CC(F)(F)C3)nc3c(F)c(-c4c(O)cccc4F)c(Cl)cc23)CC1C.CC. The lowest BCUT2D eigenvalue weighted by atomic mass is 10.0. The van der Waals surface area contributed by atoms with Crippen LogP contribution in [-0.4, -0.2) is 88.6 Å². The zero-order chi connectivity index (χ0) is 30.8. The number of rotatable bonds is 7. The lowest BCUT2D eigenvalue weighted by molar-refractivity contribution is -0.132. The molecule has 0 radical (unpaired) electrons. The van der Waals surface area contributed by atoms with Gasteiger partial charge in [0.2, 0.25) is 5.91 Å². The monoisotopic (exact) mass is 609 g/mol. The van der Waals surface area contributed by atoms with Crippen LogP contribution < -0.4 is 9.64 Å². The molecule has 226 valence electrons. The van der Waals surface area contributed by atoms with E-state index in [0.717, 1.165) is 6.07 Å². The van der Waals surface area contributed by atoms with E-state index in [9.17, 15) is 23.1 Å². The zero-order valence-electron chi connectivity index (χ0n) is 23.5. The molecule has 3 heterocycles. The molecule has 2 saturated heterocycles. The van der Waals surface area contributed by atoms with Crippen LogP contribution in [-0.2, 0) is 4.79 Å².